The molecule has 3 aromatic rings. The van der Waals surface area contributed by atoms with E-state index < -0.39 is 17.4 Å². The van der Waals surface area contributed by atoms with Crippen molar-refractivity contribution < 1.29 is 14.6 Å². The molecule has 1 aliphatic carbocycles. The summed E-state index contributed by atoms with van der Waals surface area (Å²) in [5.74, 6) is -1.33. The minimum Gasteiger partial charge on any atom is -0.495 e. The number of H-pyrrole nitrogens is 2. The molecule has 1 aliphatic rings. The molecule has 0 unspecified atom stereocenters. The minimum absolute atomic E-state index is 0.161. The maximum Gasteiger partial charge on any atom is 0.267 e. The normalized spacial score (nSPS) is 23.3. The van der Waals surface area contributed by atoms with Gasteiger partial charge in [0, 0.05) is 23.6 Å². The zero-order chi connectivity index (χ0) is 20.6. The lowest BCUT2D eigenvalue weighted by atomic mass is 9.66. The zero-order valence-corrected chi connectivity index (χ0v) is 16.2. The third kappa shape index (κ3) is 3.34. The van der Waals surface area contributed by atoms with Crippen LogP contribution in [-0.2, 0) is 11.2 Å². The molecule has 1 aromatic heterocycles. The van der Waals surface area contributed by atoms with Crippen molar-refractivity contribution in [2.75, 3.05) is 12.4 Å². The van der Waals surface area contributed by atoms with E-state index in [9.17, 15) is 14.7 Å². The maximum absolute atomic E-state index is 13.4. The molecule has 1 amide bonds. The molecule has 4 rings (SSSR count). The number of aromatic amines is 2. The summed E-state index contributed by atoms with van der Waals surface area (Å²) < 4.78 is 5.32. The fourth-order valence-corrected chi connectivity index (χ4v) is 4.28. The van der Waals surface area contributed by atoms with Crippen LogP contribution in [0.1, 0.15) is 29.7 Å². The van der Waals surface area contributed by atoms with Crippen molar-refractivity contribution in [3.8, 4) is 5.75 Å². The van der Waals surface area contributed by atoms with E-state index in [0.717, 1.165) is 5.56 Å². The molecule has 0 spiro atoms. The van der Waals surface area contributed by atoms with Crippen LogP contribution in [0.5, 0.6) is 5.75 Å². The summed E-state index contributed by atoms with van der Waals surface area (Å²) in [6.07, 6.45) is 0.161. The minimum atomic E-state index is -1.37. The first-order valence-corrected chi connectivity index (χ1v) is 9.43. The Morgan fingerprint density at radius 2 is 1.83 bits per heavy atom. The SMILES string of the molecule is COc1ccccc1NC(=O)[C@H]1[C@@H](c2ccccc2)c2c([nH][nH]c2=O)C[C@]1(C)O. The molecule has 150 valence electrons. The molecule has 7 heteroatoms. The van der Waals surface area contributed by atoms with Gasteiger partial charge in [-0.25, -0.2) is 0 Å². The summed E-state index contributed by atoms with van der Waals surface area (Å²) in [5, 5.41) is 19.6. The van der Waals surface area contributed by atoms with Crippen molar-refractivity contribution in [3.63, 3.8) is 0 Å². The first-order chi connectivity index (χ1) is 13.9. The molecule has 0 bridgehead atoms. The topological polar surface area (TPSA) is 107 Å². The number of rotatable bonds is 4. The molecular formula is C22H23N3O4. The van der Waals surface area contributed by atoms with E-state index in [4.69, 9.17) is 4.74 Å². The quantitative estimate of drug-likeness (QED) is 0.546. The van der Waals surface area contributed by atoms with Crippen LogP contribution in [0.3, 0.4) is 0 Å². The fourth-order valence-electron chi connectivity index (χ4n) is 4.28. The Morgan fingerprint density at radius 3 is 2.55 bits per heavy atom. The number of aromatic nitrogens is 2. The van der Waals surface area contributed by atoms with Gasteiger partial charge >= 0.3 is 0 Å². The van der Waals surface area contributed by atoms with Gasteiger partial charge in [-0.2, -0.15) is 0 Å². The van der Waals surface area contributed by atoms with E-state index in [2.05, 4.69) is 15.5 Å². The van der Waals surface area contributed by atoms with Gasteiger partial charge in [-0.1, -0.05) is 42.5 Å². The van der Waals surface area contributed by atoms with E-state index >= 15 is 0 Å². The highest BCUT2D eigenvalue weighted by molar-refractivity contribution is 5.96. The largest absolute Gasteiger partial charge is 0.495 e. The number of nitrogens with one attached hydrogen (secondary N) is 3. The predicted molar refractivity (Wildman–Crippen MR) is 109 cm³/mol. The van der Waals surface area contributed by atoms with Crippen molar-refractivity contribution in [3.05, 3.63) is 81.8 Å². The standard InChI is InChI=1S/C22H23N3O4/c1-22(28)12-15-18(20(26)25-24-15)17(13-8-4-3-5-9-13)19(22)21(27)23-14-10-6-7-11-16(14)29-2/h3-11,17,19,28H,12H2,1-2H3,(H,23,27)(H2,24,25,26)/t17-,19+,22-/m0/s1. The Labute approximate surface area is 167 Å². The number of hydrogen-bond acceptors (Lipinski definition) is 4. The van der Waals surface area contributed by atoms with Crippen LogP contribution in [0.25, 0.3) is 0 Å². The van der Waals surface area contributed by atoms with Crippen molar-refractivity contribution in [1.82, 2.24) is 10.2 Å². The van der Waals surface area contributed by atoms with E-state index in [1.807, 2.05) is 36.4 Å². The van der Waals surface area contributed by atoms with Crippen molar-refractivity contribution in [2.45, 2.75) is 24.9 Å². The van der Waals surface area contributed by atoms with E-state index in [-0.39, 0.29) is 17.9 Å². The van der Waals surface area contributed by atoms with Gasteiger partial charge in [-0.05, 0) is 24.6 Å². The molecular weight excluding hydrogens is 370 g/mol. The predicted octanol–water partition coefficient (Wildman–Crippen LogP) is 2.41. The monoisotopic (exact) mass is 393 g/mol. The summed E-state index contributed by atoms with van der Waals surface area (Å²) in [4.78, 5) is 26.0. The molecule has 4 N–H and O–H groups in total. The molecule has 3 atom stereocenters. The van der Waals surface area contributed by atoms with E-state index in [1.54, 1.807) is 25.1 Å². The lowest BCUT2D eigenvalue weighted by molar-refractivity contribution is -0.130. The number of anilines is 1. The summed E-state index contributed by atoms with van der Waals surface area (Å²) in [6.45, 7) is 1.63. The summed E-state index contributed by atoms with van der Waals surface area (Å²) in [7, 11) is 1.53. The van der Waals surface area contributed by atoms with E-state index in [1.165, 1.54) is 7.11 Å². The Hall–Kier alpha value is -3.32. The number of hydrogen-bond donors (Lipinski definition) is 4. The lowest BCUT2D eigenvalue weighted by Gasteiger charge is -2.41. The number of fused-ring (bicyclic) bond motifs is 1. The summed E-state index contributed by atoms with van der Waals surface area (Å²) in [6, 6.07) is 16.4. The van der Waals surface area contributed by atoms with Gasteiger partial charge in [0.05, 0.1) is 24.3 Å². The van der Waals surface area contributed by atoms with E-state index in [0.29, 0.717) is 22.7 Å². The van der Waals surface area contributed by atoms with Gasteiger partial charge in [-0.3, -0.25) is 14.7 Å². The highest BCUT2D eigenvalue weighted by Gasteiger charge is 2.50. The van der Waals surface area contributed by atoms with Crippen LogP contribution in [0, 0.1) is 5.92 Å². The molecule has 29 heavy (non-hydrogen) atoms. The average molecular weight is 393 g/mol. The van der Waals surface area contributed by atoms with Crippen LogP contribution >= 0.6 is 0 Å². The summed E-state index contributed by atoms with van der Waals surface area (Å²) in [5.41, 5.74) is 0.762. The number of benzene rings is 2. The molecule has 0 saturated heterocycles. The van der Waals surface area contributed by atoms with Gasteiger partial charge in [0.1, 0.15) is 5.75 Å². The fraction of sp³-hybridized carbons (Fsp3) is 0.273. The van der Waals surface area contributed by atoms with Gasteiger partial charge in [0.25, 0.3) is 5.56 Å². The molecule has 1 heterocycles. The van der Waals surface area contributed by atoms with Crippen molar-refractivity contribution in [1.29, 1.82) is 0 Å². The number of amides is 1. The van der Waals surface area contributed by atoms with Crippen LogP contribution in [0.2, 0.25) is 0 Å². The van der Waals surface area contributed by atoms with Crippen molar-refractivity contribution >= 4 is 11.6 Å². The van der Waals surface area contributed by atoms with Gasteiger partial charge in [0.15, 0.2) is 0 Å². The number of carbonyl (C=O) groups is 1. The maximum atomic E-state index is 13.4. The molecule has 0 fully saturated rings. The van der Waals surface area contributed by atoms with Crippen LogP contribution in [0.4, 0.5) is 5.69 Å². The zero-order valence-electron chi connectivity index (χ0n) is 16.2. The first kappa shape index (κ1) is 19.0. The third-order valence-electron chi connectivity index (χ3n) is 5.55. The van der Waals surface area contributed by atoms with Gasteiger partial charge in [-0.15, -0.1) is 0 Å². The number of para-hydroxylation sites is 2. The van der Waals surface area contributed by atoms with Crippen LogP contribution < -0.4 is 15.6 Å². The molecule has 7 nitrogen and oxygen atoms in total. The second-order valence-corrected chi connectivity index (χ2v) is 7.56. The summed E-state index contributed by atoms with van der Waals surface area (Å²) >= 11 is 0. The van der Waals surface area contributed by atoms with Gasteiger partial charge in [0.2, 0.25) is 5.91 Å². The molecule has 0 aliphatic heterocycles. The highest BCUT2D eigenvalue weighted by atomic mass is 16.5. The van der Waals surface area contributed by atoms with Crippen LogP contribution in [0.15, 0.2) is 59.4 Å². The van der Waals surface area contributed by atoms with Crippen molar-refractivity contribution in [2.24, 2.45) is 5.92 Å². The Morgan fingerprint density at radius 1 is 1.14 bits per heavy atom. The van der Waals surface area contributed by atoms with Gasteiger partial charge < -0.3 is 20.3 Å². The third-order valence-corrected chi connectivity index (χ3v) is 5.55. The molecule has 0 saturated carbocycles. The number of carbonyl (C=O) groups excluding carboxylic acids is 1. The smallest absolute Gasteiger partial charge is 0.267 e. The molecule has 0 radical (unpaired) electrons. The van der Waals surface area contributed by atoms with Crippen LogP contribution in [-0.4, -0.2) is 33.9 Å². The Balaban J connectivity index is 1.81. The second kappa shape index (κ2) is 7.25. The number of aliphatic hydroxyl groups is 1. The molecule has 2 aromatic carbocycles. The number of methoxy groups -OCH3 is 1. The highest BCUT2D eigenvalue weighted by Crippen LogP contribution is 2.44. The lowest BCUT2D eigenvalue weighted by Crippen LogP contribution is -2.51. The first-order valence-electron chi connectivity index (χ1n) is 9.43. The second-order valence-electron chi connectivity index (χ2n) is 7.56. The Kier molecular flexibility index (Phi) is 4.76. The Bertz CT molecular complexity index is 1080. The number of ether oxygens (including phenoxy) is 1. The average Bonchev–Trinajstić information content (AvgIpc) is 3.06.